The fourth-order valence-electron chi connectivity index (χ4n) is 2.97. The molecule has 0 radical (unpaired) electrons. The number of nitrogens with two attached hydrogens (primary N) is 1. The van der Waals surface area contributed by atoms with Crippen LogP contribution in [0.15, 0.2) is 66.8 Å². The topological polar surface area (TPSA) is 35.2 Å². The van der Waals surface area contributed by atoms with Crippen molar-refractivity contribution in [2.45, 2.75) is 12.0 Å². The van der Waals surface area contributed by atoms with Gasteiger partial charge in [0, 0.05) is 11.5 Å². The molecule has 1 aliphatic carbocycles. The molecule has 2 nitrogen and oxygen atoms in total. The molecule has 2 aromatic rings. The molecule has 0 spiro atoms. The van der Waals surface area contributed by atoms with E-state index >= 15 is 0 Å². The van der Waals surface area contributed by atoms with Gasteiger partial charge in [-0.2, -0.15) is 0 Å². The van der Waals surface area contributed by atoms with Gasteiger partial charge in [0.15, 0.2) is 0 Å². The molecule has 0 amide bonds. The molecule has 98 valence electrons. The van der Waals surface area contributed by atoms with Gasteiger partial charge in [0.05, 0.1) is 5.69 Å². The molecule has 2 N–H and O–H groups in total. The molecule has 1 aliphatic heterocycles. The Labute approximate surface area is 118 Å². The van der Waals surface area contributed by atoms with Crippen molar-refractivity contribution >= 4 is 11.3 Å². The van der Waals surface area contributed by atoms with E-state index in [1.54, 1.807) is 0 Å². The molecule has 2 aromatic carbocycles. The first kappa shape index (κ1) is 11.4. The standard InChI is InChI=1S/C18H15NO/c19-16-8-4-7-14-15-11-13(12-5-2-1-3-6-12)9-10-17(15)20-18(14)16/h1-11,15,17H,19H2. The van der Waals surface area contributed by atoms with E-state index in [-0.39, 0.29) is 12.0 Å². The Hall–Kier alpha value is -2.48. The summed E-state index contributed by atoms with van der Waals surface area (Å²) in [6.45, 7) is 0. The van der Waals surface area contributed by atoms with E-state index in [1.807, 2.05) is 18.2 Å². The van der Waals surface area contributed by atoms with E-state index in [0.717, 1.165) is 11.4 Å². The third-order valence-electron chi connectivity index (χ3n) is 3.97. The molecule has 4 rings (SSSR count). The second kappa shape index (κ2) is 4.27. The lowest BCUT2D eigenvalue weighted by Crippen LogP contribution is -2.17. The van der Waals surface area contributed by atoms with Crippen LogP contribution in [0.4, 0.5) is 5.69 Å². The van der Waals surface area contributed by atoms with Crippen LogP contribution in [-0.4, -0.2) is 6.10 Å². The number of ether oxygens (including phenoxy) is 1. The lowest BCUT2D eigenvalue weighted by atomic mass is 9.87. The van der Waals surface area contributed by atoms with E-state index in [9.17, 15) is 0 Å². The minimum atomic E-state index is 0.0714. The number of benzene rings is 2. The molecule has 20 heavy (non-hydrogen) atoms. The van der Waals surface area contributed by atoms with Crippen LogP contribution >= 0.6 is 0 Å². The summed E-state index contributed by atoms with van der Waals surface area (Å²) in [4.78, 5) is 0. The number of fused-ring (bicyclic) bond motifs is 3. The molecule has 0 saturated carbocycles. The van der Waals surface area contributed by atoms with E-state index in [4.69, 9.17) is 10.5 Å². The monoisotopic (exact) mass is 261 g/mol. The summed E-state index contributed by atoms with van der Waals surface area (Å²) in [5, 5.41) is 0. The van der Waals surface area contributed by atoms with Crippen LogP contribution in [0.3, 0.4) is 0 Å². The zero-order chi connectivity index (χ0) is 13.5. The number of anilines is 1. The second-order valence-electron chi connectivity index (χ2n) is 5.22. The average molecular weight is 261 g/mol. The fraction of sp³-hybridized carbons (Fsp3) is 0.111. The molecule has 0 fully saturated rings. The van der Waals surface area contributed by atoms with Gasteiger partial charge in [-0.1, -0.05) is 54.6 Å². The largest absolute Gasteiger partial charge is 0.483 e. The van der Waals surface area contributed by atoms with Crippen LogP contribution in [0.1, 0.15) is 17.0 Å². The quantitative estimate of drug-likeness (QED) is 0.793. The maximum Gasteiger partial charge on any atom is 0.147 e. The van der Waals surface area contributed by atoms with Crippen LogP contribution in [0.25, 0.3) is 5.57 Å². The van der Waals surface area contributed by atoms with Gasteiger partial charge < -0.3 is 10.5 Å². The molecule has 1 heterocycles. The SMILES string of the molecule is Nc1cccc2c1OC1C=CC(c3ccccc3)=CC21. The van der Waals surface area contributed by atoms with E-state index in [1.165, 1.54) is 16.7 Å². The van der Waals surface area contributed by atoms with Gasteiger partial charge in [-0.3, -0.25) is 0 Å². The van der Waals surface area contributed by atoms with Gasteiger partial charge in [-0.25, -0.2) is 0 Å². The zero-order valence-electron chi connectivity index (χ0n) is 11.0. The molecule has 2 aliphatic rings. The van der Waals surface area contributed by atoms with Gasteiger partial charge in [0.1, 0.15) is 11.9 Å². The first-order chi connectivity index (χ1) is 9.83. The van der Waals surface area contributed by atoms with Crippen molar-refractivity contribution in [1.82, 2.24) is 0 Å². The van der Waals surface area contributed by atoms with Crippen molar-refractivity contribution in [3.63, 3.8) is 0 Å². The summed E-state index contributed by atoms with van der Waals surface area (Å²) in [7, 11) is 0. The van der Waals surface area contributed by atoms with Crippen LogP contribution < -0.4 is 10.5 Å². The minimum Gasteiger partial charge on any atom is -0.483 e. The Morgan fingerprint density at radius 1 is 0.950 bits per heavy atom. The second-order valence-corrected chi connectivity index (χ2v) is 5.22. The summed E-state index contributed by atoms with van der Waals surface area (Å²) >= 11 is 0. The Morgan fingerprint density at radius 3 is 2.65 bits per heavy atom. The smallest absolute Gasteiger partial charge is 0.147 e. The summed E-state index contributed by atoms with van der Waals surface area (Å²) in [5.41, 5.74) is 10.4. The predicted octanol–water partition coefficient (Wildman–Crippen LogP) is 3.77. The molecular weight excluding hydrogens is 246 g/mol. The van der Waals surface area contributed by atoms with Gasteiger partial charge in [-0.15, -0.1) is 0 Å². The van der Waals surface area contributed by atoms with Crippen LogP contribution in [0.2, 0.25) is 0 Å². The molecule has 0 saturated heterocycles. The molecular formula is C18H15NO. The highest BCUT2D eigenvalue weighted by Crippen LogP contribution is 2.45. The molecule has 0 aromatic heterocycles. The number of hydrogen-bond acceptors (Lipinski definition) is 2. The minimum absolute atomic E-state index is 0.0714. The van der Waals surface area contributed by atoms with Crippen LogP contribution in [-0.2, 0) is 0 Å². The van der Waals surface area contributed by atoms with E-state index in [2.05, 4.69) is 48.6 Å². The number of hydrogen-bond donors (Lipinski definition) is 1. The summed E-state index contributed by atoms with van der Waals surface area (Å²) in [5.74, 6) is 1.10. The van der Waals surface area contributed by atoms with Gasteiger partial charge in [-0.05, 0) is 23.3 Å². The van der Waals surface area contributed by atoms with Crippen molar-refractivity contribution in [1.29, 1.82) is 0 Å². The summed E-state index contributed by atoms with van der Waals surface area (Å²) in [6, 6.07) is 16.4. The average Bonchev–Trinajstić information content (AvgIpc) is 2.88. The Kier molecular flexibility index (Phi) is 2.43. The third kappa shape index (κ3) is 1.65. The van der Waals surface area contributed by atoms with E-state index < -0.39 is 0 Å². The highest BCUT2D eigenvalue weighted by molar-refractivity contribution is 5.77. The highest BCUT2D eigenvalue weighted by Gasteiger charge is 2.34. The Bertz CT molecular complexity index is 715. The van der Waals surface area contributed by atoms with Crippen molar-refractivity contribution in [2.75, 3.05) is 5.73 Å². The molecule has 2 heteroatoms. The van der Waals surface area contributed by atoms with Crippen LogP contribution in [0, 0.1) is 0 Å². The summed E-state index contributed by atoms with van der Waals surface area (Å²) in [6.07, 6.45) is 6.62. The highest BCUT2D eigenvalue weighted by atomic mass is 16.5. The molecule has 2 atom stereocenters. The van der Waals surface area contributed by atoms with Crippen molar-refractivity contribution in [2.24, 2.45) is 0 Å². The maximum atomic E-state index is 6.00. The van der Waals surface area contributed by atoms with Crippen molar-refractivity contribution < 1.29 is 4.74 Å². The lowest BCUT2D eigenvalue weighted by molar-refractivity contribution is 0.270. The zero-order valence-corrected chi connectivity index (χ0v) is 11.0. The number of rotatable bonds is 1. The number of para-hydroxylation sites is 1. The van der Waals surface area contributed by atoms with Gasteiger partial charge in [0.25, 0.3) is 0 Å². The van der Waals surface area contributed by atoms with Crippen LogP contribution in [0.5, 0.6) is 5.75 Å². The van der Waals surface area contributed by atoms with Gasteiger partial charge in [0.2, 0.25) is 0 Å². The lowest BCUT2D eigenvalue weighted by Gasteiger charge is -2.18. The molecule has 2 unspecified atom stereocenters. The van der Waals surface area contributed by atoms with Crippen molar-refractivity contribution in [3.8, 4) is 5.75 Å². The fourth-order valence-corrected chi connectivity index (χ4v) is 2.97. The summed E-state index contributed by atoms with van der Waals surface area (Å²) < 4.78 is 5.97. The predicted molar refractivity (Wildman–Crippen MR) is 81.6 cm³/mol. The first-order valence-corrected chi connectivity index (χ1v) is 6.83. The third-order valence-corrected chi connectivity index (χ3v) is 3.97. The first-order valence-electron chi connectivity index (χ1n) is 6.83. The van der Waals surface area contributed by atoms with Gasteiger partial charge >= 0.3 is 0 Å². The number of nitrogen functional groups attached to an aromatic ring is 1. The Morgan fingerprint density at radius 2 is 1.80 bits per heavy atom. The molecule has 0 bridgehead atoms. The van der Waals surface area contributed by atoms with E-state index in [0.29, 0.717) is 0 Å². The number of allylic oxidation sites excluding steroid dienone is 2. The normalized spacial score (nSPS) is 22.7. The Balaban J connectivity index is 1.79. The maximum absolute atomic E-state index is 6.00. The van der Waals surface area contributed by atoms with Crippen molar-refractivity contribution in [3.05, 3.63) is 77.9 Å².